The predicted molar refractivity (Wildman–Crippen MR) is 84.2 cm³/mol. The maximum absolute atomic E-state index is 6.49. The summed E-state index contributed by atoms with van der Waals surface area (Å²) in [5, 5.41) is 0. The molecule has 4 heteroatoms. The minimum absolute atomic E-state index is 0.366. The lowest BCUT2D eigenvalue weighted by Crippen LogP contribution is -2.36. The van der Waals surface area contributed by atoms with E-state index in [4.69, 9.17) is 10.7 Å². The third kappa shape index (κ3) is 2.84. The zero-order valence-corrected chi connectivity index (χ0v) is 13.5. The van der Waals surface area contributed by atoms with Crippen molar-refractivity contribution in [2.45, 2.75) is 52.1 Å². The monoisotopic (exact) mass is 323 g/mol. The molecule has 1 unspecified atom stereocenters. The number of hydrogen-bond donors (Lipinski definition) is 1. The molecule has 3 nitrogen and oxygen atoms in total. The molecule has 19 heavy (non-hydrogen) atoms. The van der Waals surface area contributed by atoms with Crippen LogP contribution in [0.5, 0.6) is 0 Å². The molecule has 0 saturated heterocycles. The van der Waals surface area contributed by atoms with Gasteiger partial charge in [-0.25, -0.2) is 4.98 Å². The second kappa shape index (κ2) is 5.63. The van der Waals surface area contributed by atoms with Gasteiger partial charge < -0.3 is 10.3 Å². The van der Waals surface area contributed by atoms with Crippen molar-refractivity contribution in [1.82, 2.24) is 9.55 Å². The van der Waals surface area contributed by atoms with Crippen LogP contribution in [0.4, 0.5) is 0 Å². The molecule has 0 aliphatic carbocycles. The van der Waals surface area contributed by atoms with Crippen molar-refractivity contribution in [2.75, 3.05) is 0 Å². The Hall–Kier alpha value is -0.870. The van der Waals surface area contributed by atoms with Crippen molar-refractivity contribution >= 4 is 27.0 Å². The van der Waals surface area contributed by atoms with Gasteiger partial charge in [-0.05, 0) is 38.0 Å². The summed E-state index contributed by atoms with van der Waals surface area (Å²) < 4.78 is 3.33. The fourth-order valence-corrected chi connectivity index (χ4v) is 2.97. The number of nitrogens with two attached hydrogens (primary N) is 1. The van der Waals surface area contributed by atoms with Crippen molar-refractivity contribution < 1.29 is 0 Å². The number of halogens is 1. The Labute approximate surface area is 123 Å². The first kappa shape index (κ1) is 14.5. The third-order valence-corrected chi connectivity index (χ3v) is 3.93. The average Bonchev–Trinajstić information content (AvgIpc) is 2.68. The molecule has 2 aromatic rings. The lowest BCUT2D eigenvalue weighted by Gasteiger charge is -2.24. The molecule has 2 N–H and O–H groups in total. The van der Waals surface area contributed by atoms with Crippen molar-refractivity contribution in [2.24, 2.45) is 5.73 Å². The van der Waals surface area contributed by atoms with Crippen LogP contribution in [0.15, 0.2) is 22.7 Å². The van der Waals surface area contributed by atoms with Gasteiger partial charge in [-0.1, -0.05) is 36.2 Å². The fraction of sp³-hybridized carbons (Fsp3) is 0.533. The first-order chi connectivity index (χ1) is 8.99. The maximum Gasteiger partial charge on any atom is 0.129 e. The number of benzene rings is 1. The molecule has 0 saturated carbocycles. The van der Waals surface area contributed by atoms with E-state index in [1.807, 2.05) is 0 Å². The highest BCUT2D eigenvalue weighted by Gasteiger charge is 2.27. The van der Waals surface area contributed by atoms with E-state index in [-0.39, 0.29) is 5.54 Å². The van der Waals surface area contributed by atoms with E-state index in [2.05, 4.69) is 59.5 Å². The molecule has 0 aliphatic rings. The quantitative estimate of drug-likeness (QED) is 0.896. The van der Waals surface area contributed by atoms with E-state index in [0.29, 0.717) is 0 Å². The second-order valence-electron chi connectivity index (χ2n) is 5.39. The Morgan fingerprint density at radius 1 is 1.32 bits per heavy atom. The number of hydrogen-bond acceptors (Lipinski definition) is 2. The Morgan fingerprint density at radius 2 is 2.05 bits per heavy atom. The summed E-state index contributed by atoms with van der Waals surface area (Å²) in [6, 6.07) is 6.24. The highest BCUT2D eigenvalue weighted by Crippen LogP contribution is 2.28. The van der Waals surface area contributed by atoms with Crippen LogP contribution in [0, 0.1) is 0 Å². The van der Waals surface area contributed by atoms with Crippen LogP contribution in [0.1, 0.15) is 45.9 Å². The van der Waals surface area contributed by atoms with Gasteiger partial charge in [0.05, 0.1) is 16.6 Å². The van der Waals surface area contributed by atoms with E-state index in [1.165, 1.54) is 5.52 Å². The second-order valence-corrected chi connectivity index (χ2v) is 6.30. The molecule has 2 rings (SSSR count). The summed E-state index contributed by atoms with van der Waals surface area (Å²) in [7, 11) is 0. The van der Waals surface area contributed by atoms with Crippen molar-refractivity contribution in [3.05, 3.63) is 28.5 Å². The highest BCUT2D eigenvalue weighted by molar-refractivity contribution is 9.10. The van der Waals surface area contributed by atoms with Gasteiger partial charge in [0.1, 0.15) is 5.82 Å². The Morgan fingerprint density at radius 3 is 2.68 bits per heavy atom. The van der Waals surface area contributed by atoms with Gasteiger partial charge in [-0.3, -0.25) is 0 Å². The summed E-state index contributed by atoms with van der Waals surface area (Å²) in [6.45, 7) is 7.39. The average molecular weight is 324 g/mol. The minimum atomic E-state index is -0.366. The summed E-state index contributed by atoms with van der Waals surface area (Å²) >= 11 is 3.51. The van der Waals surface area contributed by atoms with Gasteiger partial charge in [-0.15, -0.1) is 0 Å². The Kier molecular flexibility index (Phi) is 4.31. The van der Waals surface area contributed by atoms with Gasteiger partial charge in [0.2, 0.25) is 0 Å². The van der Waals surface area contributed by atoms with Crippen LogP contribution in [0.25, 0.3) is 11.0 Å². The number of fused-ring (bicyclic) bond motifs is 1. The van der Waals surface area contributed by atoms with Crippen molar-refractivity contribution in [3.8, 4) is 0 Å². The highest BCUT2D eigenvalue weighted by atomic mass is 79.9. The lowest BCUT2D eigenvalue weighted by atomic mass is 9.96. The molecule has 104 valence electrons. The van der Waals surface area contributed by atoms with Gasteiger partial charge in [-0.2, -0.15) is 0 Å². The normalized spacial score (nSPS) is 14.8. The summed E-state index contributed by atoms with van der Waals surface area (Å²) in [4.78, 5) is 4.79. The predicted octanol–water partition coefficient (Wildman–Crippen LogP) is 4.18. The molecule has 1 aromatic carbocycles. The van der Waals surface area contributed by atoms with Gasteiger partial charge in [0, 0.05) is 11.0 Å². The SMILES string of the molecule is CCCn1c(C(C)(N)CCC)nc2cc(Br)ccc21. The molecular weight excluding hydrogens is 302 g/mol. The summed E-state index contributed by atoms with van der Waals surface area (Å²) in [5.74, 6) is 1.00. The molecule has 1 heterocycles. The summed E-state index contributed by atoms with van der Waals surface area (Å²) in [5.41, 5.74) is 8.31. The van der Waals surface area contributed by atoms with Crippen LogP contribution < -0.4 is 5.73 Å². The van der Waals surface area contributed by atoms with Gasteiger partial charge >= 0.3 is 0 Å². The van der Waals surface area contributed by atoms with Crippen LogP contribution >= 0.6 is 15.9 Å². The number of aromatic nitrogens is 2. The number of nitrogens with zero attached hydrogens (tertiary/aromatic N) is 2. The Balaban J connectivity index is 2.62. The largest absolute Gasteiger partial charge is 0.326 e. The first-order valence-electron chi connectivity index (χ1n) is 6.94. The maximum atomic E-state index is 6.49. The molecule has 0 amide bonds. The Bertz CT molecular complexity index is 572. The van der Waals surface area contributed by atoms with Crippen molar-refractivity contribution in [3.63, 3.8) is 0 Å². The molecule has 1 atom stereocenters. The standard InChI is InChI=1S/C15H22BrN3/c1-4-8-15(3,17)14-18-12-10-11(16)6-7-13(12)19(14)9-5-2/h6-7,10H,4-5,8-9,17H2,1-3H3. The summed E-state index contributed by atoms with van der Waals surface area (Å²) in [6.07, 6.45) is 3.09. The lowest BCUT2D eigenvalue weighted by molar-refractivity contribution is 0.400. The number of imidazole rings is 1. The first-order valence-corrected chi connectivity index (χ1v) is 7.74. The van der Waals surface area contributed by atoms with E-state index in [1.54, 1.807) is 0 Å². The molecule has 0 radical (unpaired) electrons. The van der Waals surface area contributed by atoms with E-state index >= 15 is 0 Å². The molecule has 0 bridgehead atoms. The topological polar surface area (TPSA) is 43.8 Å². The minimum Gasteiger partial charge on any atom is -0.326 e. The van der Waals surface area contributed by atoms with Gasteiger partial charge in [0.25, 0.3) is 0 Å². The number of rotatable bonds is 5. The molecule has 1 aromatic heterocycles. The fourth-order valence-electron chi connectivity index (χ4n) is 2.62. The van der Waals surface area contributed by atoms with Crippen LogP contribution in [0.3, 0.4) is 0 Å². The van der Waals surface area contributed by atoms with E-state index in [9.17, 15) is 0 Å². The number of aryl methyl sites for hydroxylation is 1. The molecule has 0 aliphatic heterocycles. The van der Waals surface area contributed by atoms with Crippen LogP contribution in [-0.2, 0) is 12.1 Å². The van der Waals surface area contributed by atoms with Crippen molar-refractivity contribution in [1.29, 1.82) is 0 Å². The zero-order valence-electron chi connectivity index (χ0n) is 11.9. The smallest absolute Gasteiger partial charge is 0.129 e. The molecular formula is C15H22BrN3. The molecule has 0 spiro atoms. The zero-order chi connectivity index (χ0) is 14.0. The molecule has 0 fully saturated rings. The van der Waals surface area contributed by atoms with Gasteiger partial charge in [0.15, 0.2) is 0 Å². The van der Waals surface area contributed by atoms with E-state index in [0.717, 1.165) is 41.6 Å². The van der Waals surface area contributed by atoms with Crippen LogP contribution in [0.2, 0.25) is 0 Å². The van der Waals surface area contributed by atoms with E-state index < -0.39 is 0 Å². The van der Waals surface area contributed by atoms with Crippen LogP contribution in [-0.4, -0.2) is 9.55 Å². The third-order valence-electron chi connectivity index (χ3n) is 3.44.